The van der Waals surface area contributed by atoms with Gasteiger partial charge in [-0.15, -0.1) is 0 Å². The number of hydrogen-bond acceptors (Lipinski definition) is 6. The fraction of sp³-hybridized carbons (Fsp3) is 0.294. The Bertz CT molecular complexity index is 919. The molecule has 0 unspecified atom stereocenters. The van der Waals surface area contributed by atoms with Crippen LogP contribution in [0.3, 0.4) is 0 Å². The fourth-order valence-corrected chi connectivity index (χ4v) is 2.09. The molecule has 0 radical (unpaired) electrons. The van der Waals surface area contributed by atoms with E-state index < -0.39 is 36.2 Å². The summed E-state index contributed by atoms with van der Waals surface area (Å²) in [5.74, 6) is -3.61. The smallest absolute Gasteiger partial charge is 0.422 e. The number of nitrogens with zero attached hydrogens (tertiary/aromatic N) is 3. The SMILES string of the molecule is CN=C(N)OCCc1cc(NC(=O)c2cnc(OCC(F)(F)F)cn2)cc(F)c1F. The molecular weight excluding hydrogens is 417 g/mol. The molecule has 0 fully saturated rings. The molecule has 0 aliphatic heterocycles. The molecule has 8 nitrogen and oxygen atoms in total. The van der Waals surface area contributed by atoms with Crippen LogP contribution in [-0.2, 0) is 11.2 Å². The highest BCUT2D eigenvalue weighted by Gasteiger charge is 2.28. The number of halogens is 5. The Morgan fingerprint density at radius 1 is 1.23 bits per heavy atom. The minimum absolute atomic E-state index is 0.0618. The number of aliphatic imine (C=N–C) groups is 1. The quantitative estimate of drug-likeness (QED) is 0.394. The van der Waals surface area contributed by atoms with Crippen molar-refractivity contribution in [3.8, 4) is 5.88 Å². The van der Waals surface area contributed by atoms with Crippen LogP contribution in [0.4, 0.5) is 27.6 Å². The average Bonchev–Trinajstić information content (AvgIpc) is 2.69. The van der Waals surface area contributed by atoms with Crippen molar-refractivity contribution in [3.63, 3.8) is 0 Å². The number of ether oxygens (including phenoxy) is 2. The number of nitrogens with two attached hydrogens (primary N) is 1. The third-order valence-electron chi connectivity index (χ3n) is 3.45. The van der Waals surface area contributed by atoms with Gasteiger partial charge in [0.05, 0.1) is 19.0 Å². The zero-order chi connectivity index (χ0) is 22.3. The lowest BCUT2D eigenvalue weighted by molar-refractivity contribution is -0.154. The number of carbonyl (C=O) groups is 1. The molecule has 0 atom stereocenters. The first kappa shape index (κ1) is 22.8. The third kappa shape index (κ3) is 6.83. The topological polar surface area (TPSA) is 112 Å². The maximum Gasteiger partial charge on any atom is 0.422 e. The lowest BCUT2D eigenvalue weighted by Crippen LogP contribution is -2.20. The maximum atomic E-state index is 13.9. The van der Waals surface area contributed by atoms with E-state index in [0.29, 0.717) is 0 Å². The zero-order valence-electron chi connectivity index (χ0n) is 15.5. The summed E-state index contributed by atoms with van der Waals surface area (Å²) in [4.78, 5) is 22.9. The first-order chi connectivity index (χ1) is 14.1. The van der Waals surface area contributed by atoms with Gasteiger partial charge in [-0.2, -0.15) is 13.2 Å². The second-order valence-corrected chi connectivity index (χ2v) is 5.69. The normalized spacial score (nSPS) is 11.9. The summed E-state index contributed by atoms with van der Waals surface area (Å²) in [6, 6.07) is 1.82. The third-order valence-corrected chi connectivity index (χ3v) is 3.45. The summed E-state index contributed by atoms with van der Waals surface area (Å²) in [5, 5.41) is 2.29. The Hall–Kier alpha value is -3.51. The van der Waals surface area contributed by atoms with Crippen LogP contribution in [-0.4, -0.2) is 48.3 Å². The van der Waals surface area contributed by atoms with E-state index in [1.54, 1.807) is 0 Å². The minimum Gasteiger partial charge on any atom is -0.467 e. The lowest BCUT2D eigenvalue weighted by atomic mass is 10.1. The van der Waals surface area contributed by atoms with Crippen LogP contribution in [0.25, 0.3) is 0 Å². The van der Waals surface area contributed by atoms with E-state index >= 15 is 0 Å². The molecule has 162 valence electrons. The molecule has 3 N–H and O–H groups in total. The molecule has 1 aromatic carbocycles. The monoisotopic (exact) mass is 433 g/mol. The van der Waals surface area contributed by atoms with Crippen molar-refractivity contribution >= 4 is 17.6 Å². The zero-order valence-corrected chi connectivity index (χ0v) is 15.5. The largest absolute Gasteiger partial charge is 0.467 e. The molecule has 0 aliphatic rings. The van der Waals surface area contributed by atoms with E-state index in [-0.39, 0.29) is 36.0 Å². The molecule has 13 heteroatoms. The van der Waals surface area contributed by atoms with Crippen LogP contribution >= 0.6 is 0 Å². The summed E-state index contributed by atoms with van der Waals surface area (Å²) in [6.07, 6.45) is -2.91. The van der Waals surface area contributed by atoms with Crippen molar-refractivity contribution in [3.05, 3.63) is 47.4 Å². The van der Waals surface area contributed by atoms with E-state index in [1.807, 2.05) is 0 Å². The summed E-state index contributed by atoms with van der Waals surface area (Å²) >= 11 is 0. The number of rotatable bonds is 7. The number of aromatic nitrogens is 2. The Kier molecular flexibility index (Phi) is 7.44. The van der Waals surface area contributed by atoms with Crippen LogP contribution in [0, 0.1) is 11.6 Å². The molecule has 0 saturated heterocycles. The van der Waals surface area contributed by atoms with E-state index in [2.05, 4.69) is 25.0 Å². The maximum absolute atomic E-state index is 13.9. The average molecular weight is 433 g/mol. The van der Waals surface area contributed by atoms with Crippen molar-refractivity contribution in [2.45, 2.75) is 12.6 Å². The number of anilines is 1. The summed E-state index contributed by atoms with van der Waals surface area (Å²) in [6.45, 7) is -1.65. The van der Waals surface area contributed by atoms with Gasteiger partial charge in [0.1, 0.15) is 5.69 Å². The number of hydrogen-bond donors (Lipinski definition) is 2. The minimum atomic E-state index is -4.55. The lowest BCUT2D eigenvalue weighted by Gasteiger charge is -2.11. The summed E-state index contributed by atoms with van der Waals surface area (Å²) in [5.41, 5.74) is 4.89. The highest BCUT2D eigenvalue weighted by atomic mass is 19.4. The van der Waals surface area contributed by atoms with Gasteiger partial charge < -0.3 is 20.5 Å². The van der Waals surface area contributed by atoms with E-state index in [4.69, 9.17) is 10.5 Å². The highest BCUT2D eigenvalue weighted by Crippen LogP contribution is 2.20. The van der Waals surface area contributed by atoms with Crippen molar-refractivity contribution in [2.75, 3.05) is 25.6 Å². The molecule has 0 saturated carbocycles. The van der Waals surface area contributed by atoms with Gasteiger partial charge in [0.15, 0.2) is 18.2 Å². The second-order valence-electron chi connectivity index (χ2n) is 5.69. The molecular formula is C17H16F5N5O3. The number of amides is 1. The predicted molar refractivity (Wildman–Crippen MR) is 95.1 cm³/mol. The molecule has 2 rings (SSSR count). The molecule has 0 aliphatic carbocycles. The van der Waals surface area contributed by atoms with Gasteiger partial charge in [0.2, 0.25) is 5.88 Å². The molecule has 1 amide bonds. The van der Waals surface area contributed by atoms with E-state index in [9.17, 15) is 26.7 Å². The Morgan fingerprint density at radius 3 is 2.57 bits per heavy atom. The Labute approximate surface area is 166 Å². The number of nitrogens with one attached hydrogen (secondary N) is 1. The number of amidine groups is 1. The molecule has 1 aromatic heterocycles. The highest BCUT2D eigenvalue weighted by molar-refractivity contribution is 6.02. The first-order valence-corrected chi connectivity index (χ1v) is 8.25. The molecule has 0 spiro atoms. The molecule has 1 heterocycles. The van der Waals surface area contributed by atoms with Crippen LogP contribution in [0.5, 0.6) is 5.88 Å². The van der Waals surface area contributed by atoms with Gasteiger partial charge in [-0.05, 0) is 11.6 Å². The van der Waals surface area contributed by atoms with Gasteiger partial charge >= 0.3 is 6.18 Å². The molecule has 30 heavy (non-hydrogen) atoms. The molecule has 0 bridgehead atoms. The number of carbonyl (C=O) groups excluding carboxylic acids is 1. The van der Waals surface area contributed by atoms with Crippen LogP contribution in [0.15, 0.2) is 29.5 Å². The van der Waals surface area contributed by atoms with Crippen LogP contribution in [0.2, 0.25) is 0 Å². The summed E-state index contributed by atoms with van der Waals surface area (Å²) < 4.78 is 73.4. The fourth-order valence-electron chi connectivity index (χ4n) is 2.09. The first-order valence-electron chi connectivity index (χ1n) is 8.25. The molecule has 2 aromatic rings. The standard InChI is InChI=1S/C17H16F5N5O3/c1-24-16(23)29-3-2-9-4-10(5-11(18)14(9)19)27-15(28)12-6-26-13(7-25-12)30-8-17(20,21)22/h4-7H,2-3,8H2,1H3,(H2,23,24)(H,27,28). The Morgan fingerprint density at radius 2 is 1.97 bits per heavy atom. The van der Waals surface area contributed by atoms with E-state index in [0.717, 1.165) is 18.5 Å². The van der Waals surface area contributed by atoms with Crippen LogP contribution < -0.4 is 15.8 Å². The van der Waals surface area contributed by atoms with Gasteiger partial charge in [-0.3, -0.25) is 4.79 Å². The van der Waals surface area contributed by atoms with Crippen molar-refractivity contribution in [1.29, 1.82) is 0 Å². The van der Waals surface area contributed by atoms with Crippen molar-refractivity contribution in [2.24, 2.45) is 10.7 Å². The number of benzene rings is 1. The van der Waals surface area contributed by atoms with E-state index in [1.165, 1.54) is 13.1 Å². The van der Waals surface area contributed by atoms with Gasteiger partial charge in [0, 0.05) is 25.2 Å². The van der Waals surface area contributed by atoms with Gasteiger partial charge in [-0.25, -0.2) is 23.7 Å². The Balaban J connectivity index is 2.05. The van der Waals surface area contributed by atoms with Crippen molar-refractivity contribution in [1.82, 2.24) is 9.97 Å². The summed E-state index contributed by atoms with van der Waals surface area (Å²) in [7, 11) is 1.39. The predicted octanol–water partition coefficient (Wildman–Crippen LogP) is 2.45. The van der Waals surface area contributed by atoms with Crippen molar-refractivity contribution < 1.29 is 36.2 Å². The number of alkyl halides is 3. The van der Waals surface area contributed by atoms with Gasteiger partial charge in [-0.1, -0.05) is 0 Å². The second kappa shape index (κ2) is 9.80. The van der Waals surface area contributed by atoms with Gasteiger partial charge in [0.25, 0.3) is 11.9 Å². The van der Waals surface area contributed by atoms with Crippen LogP contribution in [0.1, 0.15) is 16.1 Å².